The van der Waals surface area contributed by atoms with Crippen LogP contribution in [0.1, 0.15) is 18.4 Å². The third kappa shape index (κ3) is 3.70. The van der Waals surface area contributed by atoms with Crippen LogP contribution in [0.3, 0.4) is 0 Å². The van der Waals surface area contributed by atoms with E-state index in [1.54, 1.807) is 13.8 Å². The summed E-state index contributed by atoms with van der Waals surface area (Å²) in [6.45, 7) is 5.32. The average Bonchev–Trinajstić information content (AvgIpc) is 2.69. The van der Waals surface area contributed by atoms with Gasteiger partial charge in [-0.1, -0.05) is 5.16 Å². The van der Waals surface area contributed by atoms with Gasteiger partial charge in [0.05, 0.1) is 6.61 Å². The van der Waals surface area contributed by atoms with Crippen molar-refractivity contribution in [2.45, 2.75) is 25.7 Å². The van der Waals surface area contributed by atoms with E-state index in [0.29, 0.717) is 5.69 Å². The number of aryl methyl sites for hydroxylation is 2. The van der Waals surface area contributed by atoms with Crippen LogP contribution in [0, 0.1) is 13.8 Å². The van der Waals surface area contributed by atoms with Gasteiger partial charge >= 0.3 is 6.09 Å². The molecule has 0 saturated heterocycles. The molecule has 0 saturated carbocycles. The number of nitrogens with zero attached hydrogens (tertiary/aromatic N) is 2. The fourth-order valence-corrected chi connectivity index (χ4v) is 3.07. The summed E-state index contributed by atoms with van der Waals surface area (Å²) in [5, 5.41) is 6.08. The lowest BCUT2D eigenvalue weighted by atomic mass is 10.4. The van der Waals surface area contributed by atoms with E-state index < -0.39 is 16.1 Å². The molecule has 0 unspecified atom stereocenters. The molecule has 0 fully saturated rings. The molecule has 0 aromatic carbocycles. The van der Waals surface area contributed by atoms with Gasteiger partial charge in [0.15, 0.2) is 5.76 Å². The highest BCUT2D eigenvalue weighted by Gasteiger charge is 2.28. The van der Waals surface area contributed by atoms with Crippen molar-refractivity contribution < 1.29 is 22.5 Å². The van der Waals surface area contributed by atoms with E-state index in [0.717, 1.165) is 4.31 Å². The highest BCUT2D eigenvalue weighted by atomic mass is 32.2. The Labute approximate surface area is 118 Å². The van der Waals surface area contributed by atoms with Crippen molar-refractivity contribution in [3.05, 3.63) is 11.5 Å². The summed E-state index contributed by atoms with van der Waals surface area (Å²) in [5.74, 6) is 0.243. The van der Waals surface area contributed by atoms with E-state index in [4.69, 9.17) is 4.52 Å². The van der Waals surface area contributed by atoms with E-state index >= 15 is 0 Å². The Morgan fingerprint density at radius 1 is 1.45 bits per heavy atom. The Morgan fingerprint density at radius 2 is 2.10 bits per heavy atom. The molecular formula is C11H19N3O5S. The Balaban J connectivity index is 2.67. The van der Waals surface area contributed by atoms with Crippen LogP contribution in [0.25, 0.3) is 0 Å². The van der Waals surface area contributed by atoms with E-state index in [1.807, 2.05) is 0 Å². The Kier molecular flexibility index (Phi) is 5.52. The molecule has 9 heteroatoms. The van der Waals surface area contributed by atoms with Gasteiger partial charge in [0.25, 0.3) is 0 Å². The summed E-state index contributed by atoms with van der Waals surface area (Å²) in [5.41, 5.74) is 0.313. The number of sulfonamides is 1. The molecule has 1 N–H and O–H groups in total. The lowest BCUT2D eigenvalue weighted by Crippen LogP contribution is -2.36. The van der Waals surface area contributed by atoms with Gasteiger partial charge in [-0.15, -0.1) is 0 Å². The second-order valence-corrected chi connectivity index (χ2v) is 6.11. The maximum absolute atomic E-state index is 12.3. The lowest BCUT2D eigenvalue weighted by molar-refractivity contribution is 0.152. The molecule has 20 heavy (non-hydrogen) atoms. The molecule has 0 radical (unpaired) electrons. The lowest BCUT2D eigenvalue weighted by Gasteiger charge is -2.17. The van der Waals surface area contributed by atoms with Crippen LogP contribution in [0.5, 0.6) is 0 Å². The van der Waals surface area contributed by atoms with Crippen molar-refractivity contribution in [1.82, 2.24) is 14.8 Å². The predicted octanol–water partition coefficient (Wildman–Crippen LogP) is 0.658. The smallest absolute Gasteiger partial charge is 0.407 e. The van der Waals surface area contributed by atoms with E-state index in [-0.39, 0.29) is 30.4 Å². The third-order valence-electron chi connectivity index (χ3n) is 2.61. The standard InChI is InChI=1S/C11H19N3O5S/c1-5-18-11(15)12-6-7-14(4)20(16,17)10-8(2)13-19-9(10)3/h5-7H2,1-4H3,(H,12,15). The zero-order valence-corrected chi connectivity index (χ0v) is 12.8. The van der Waals surface area contributed by atoms with Crippen molar-refractivity contribution in [3.63, 3.8) is 0 Å². The van der Waals surface area contributed by atoms with Gasteiger partial charge in [-0.25, -0.2) is 13.2 Å². The van der Waals surface area contributed by atoms with Crippen LogP contribution in [0.2, 0.25) is 0 Å². The van der Waals surface area contributed by atoms with E-state index in [9.17, 15) is 13.2 Å². The maximum atomic E-state index is 12.3. The topological polar surface area (TPSA) is 102 Å². The molecule has 0 atom stereocenters. The first kappa shape index (κ1) is 16.4. The number of rotatable bonds is 6. The third-order valence-corrected chi connectivity index (χ3v) is 4.71. The maximum Gasteiger partial charge on any atom is 0.407 e. The number of alkyl carbamates (subject to hydrolysis) is 1. The second-order valence-electron chi connectivity index (χ2n) is 4.13. The molecule has 1 heterocycles. The molecule has 0 aliphatic heterocycles. The number of aromatic nitrogens is 1. The summed E-state index contributed by atoms with van der Waals surface area (Å²) in [4.78, 5) is 11.2. The molecular weight excluding hydrogens is 286 g/mol. The number of likely N-dealkylation sites (N-methyl/N-ethyl adjacent to an activating group) is 1. The van der Waals surface area contributed by atoms with E-state index in [1.165, 1.54) is 14.0 Å². The minimum absolute atomic E-state index is 0.0659. The van der Waals surface area contributed by atoms with Crippen LogP contribution in [0.4, 0.5) is 4.79 Å². The van der Waals surface area contributed by atoms with Gasteiger partial charge in [0.2, 0.25) is 10.0 Å². The van der Waals surface area contributed by atoms with Crippen molar-refractivity contribution >= 4 is 16.1 Å². The fourth-order valence-electron chi connectivity index (χ4n) is 1.62. The SMILES string of the molecule is CCOC(=O)NCCN(C)S(=O)(=O)c1c(C)noc1C. The number of carbonyl (C=O) groups is 1. The normalized spacial score (nSPS) is 11.7. The molecule has 8 nitrogen and oxygen atoms in total. The molecule has 114 valence electrons. The zero-order valence-electron chi connectivity index (χ0n) is 12.0. The molecule has 0 spiro atoms. The number of hydrogen-bond donors (Lipinski definition) is 1. The van der Waals surface area contributed by atoms with Crippen LogP contribution < -0.4 is 5.32 Å². The first-order chi connectivity index (χ1) is 9.30. The first-order valence-corrected chi connectivity index (χ1v) is 7.54. The molecule has 1 aromatic rings. The largest absolute Gasteiger partial charge is 0.450 e. The number of carbonyl (C=O) groups excluding carboxylic acids is 1. The molecule has 0 bridgehead atoms. The quantitative estimate of drug-likeness (QED) is 0.828. The van der Waals surface area contributed by atoms with Crippen LogP contribution >= 0.6 is 0 Å². The van der Waals surface area contributed by atoms with Crippen molar-refractivity contribution in [2.75, 3.05) is 26.7 Å². The highest BCUT2D eigenvalue weighted by Crippen LogP contribution is 2.21. The molecule has 1 rings (SSSR count). The monoisotopic (exact) mass is 305 g/mol. The van der Waals surface area contributed by atoms with Gasteiger partial charge < -0.3 is 14.6 Å². The summed E-state index contributed by atoms with van der Waals surface area (Å²) in [6.07, 6.45) is -0.573. The first-order valence-electron chi connectivity index (χ1n) is 6.10. The summed E-state index contributed by atoms with van der Waals surface area (Å²) in [7, 11) is -2.26. The molecule has 1 amide bonds. The van der Waals surface area contributed by atoms with E-state index in [2.05, 4.69) is 15.2 Å². The van der Waals surface area contributed by atoms with Crippen LogP contribution in [-0.2, 0) is 14.8 Å². The van der Waals surface area contributed by atoms with Crippen molar-refractivity contribution in [3.8, 4) is 0 Å². The van der Waals surface area contributed by atoms with Gasteiger partial charge in [0.1, 0.15) is 10.6 Å². The second kappa shape index (κ2) is 6.71. The fraction of sp³-hybridized carbons (Fsp3) is 0.636. The van der Waals surface area contributed by atoms with Gasteiger partial charge in [-0.05, 0) is 20.8 Å². The predicted molar refractivity (Wildman–Crippen MR) is 70.8 cm³/mol. The Bertz CT molecular complexity index is 547. The summed E-state index contributed by atoms with van der Waals surface area (Å²) < 4.78 is 35.3. The minimum Gasteiger partial charge on any atom is -0.450 e. The minimum atomic E-state index is -3.68. The van der Waals surface area contributed by atoms with Crippen molar-refractivity contribution in [2.24, 2.45) is 0 Å². The molecule has 0 aliphatic rings. The summed E-state index contributed by atoms with van der Waals surface area (Å²) >= 11 is 0. The Hall–Kier alpha value is -1.61. The van der Waals surface area contributed by atoms with Crippen molar-refractivity contribution in [1.29, 1.82) is 0 Å². The zero-order chi connectivity index (χ0) is 15.3. The van der Waals surface area contributed by atoms with Gasteiger partial charge in [-0.3, -0.25) is 0 Å². The molecule has 0 aliphatic carbocycles. The summed E-state index contributed by atoms with van der Waals surface area (Å²) in [6, 6.07) is 0. The molecule has 1 aromatic heterocycles. The number of nitrogens with one attached hydrogen (secondary N) is 1. The Morgan fingerprint density at radius 3 is 2.60 bits per heavy atom. The van der Waals surface area contributed by atoms with Crippen LogP contribution in [0.15, 0.2) is 9.42 Å². The highest BCUT2D eigenvalue weighted by molar-refractivity contribution is 7.89. The van der Waals surface area contributed by atoms with Crippen LogP contribution in [-0.4, -0.2) is 50.7 Å². The van der Waals surface area contributed by atoms with Gasteiger partial charge in [-0.2, -0.15) is 4.31 Å². The number of amides is 1. The average molecular weight is 305 g/mol. The number of ether oxygens (including phenoxy) is 1. The van der Waals surface area contributed by atoms with Gasteiger partial charge in [0, 0.05) is 20.1 Å². The number of hydrogen-bond acceptors (Lipinski definition) is 6.